The van der Waals surface area contributed by atoms with Crippen molar-refractivity contribution in [2.24, 2.45) is 0 Å². The number of fused-ring (bicyclic) bond motifs is 10. The first kappa shape index (κ1) is 18.1. The lowest BCUT2D eigenvalue weighted by atomic mass is 9.86. The van der Waals surface area contributed by atoms with Crippen molar-refractivity contribution in [3.63, 3.8) is 0 Å². The molecule has 0 saturated carbocycles. The van der Waals surface area contributed by atoms with Crippen LogP contribution in [-0.4, -0.2) is 0 Å². The molecule has 2 aliphatic rings. The zero-order valence-corrected chi connectivity index (χ0v) is 18.5. The number of benzene rings is 6. The molecule has 0 aliphatic heterocycles. The van der Waals surface area contributed by atoms with Crippen molar-refractivity contribution in [1.29, 1.82) is 0 Å². The van der Waals surface area contributed by atoms with Crippen LogP contribution in [0.5, 0.6) is 0 Å². The fraction of sp³-hybridized carbons (Fsp3) is 0. The number of hydrogen-bond donors (Lipinski definition) is 0. The lowest BCUT2D eigenvalue weighted by Gasteiger charge is -2.17. The fourth-order valence-corrected chi connectivity index (χ4v) is 6.20. The number of rotatable bonds is 0. The minimum Gasteiger partial charge on any atom is -0.0616 e. The Balaban J connectivity index is 1.65. The van der Waals surface area contributed by atoms with Gasteiger partial charge >= 0.3 is 0 Å². The quantitative estimate of drug-likeness (QED) is 0.226. The molecular weight excluding hydrogens is 408 g/mol. The van der Waals surface area contributed by atoms with Crippen LogP contribution in [0.4, 0.5) is 0 Å². The monoisotopic (exact) mass is 428 g/mol. The second kappa shape index (κ2) is 6.56. The lowest BCUT2D eigenvalue weighted by molar-refractivity contribution is 1.61. The normalized spacial score (nSPS) is 12.1. The summed E-state index contributed by atoms with van der Waals surface area (Å²) in [5, 5.41) is 2.72. The molecule has 0 heterocycles. The molecule has 0 nitrogen and oxygen atoms in total. The maximum atomic E-state index is 2.35. The first-order valence-corrected chi connectivity index (χ1v) is 11.9. The molecule has 34 heavy (non-hydrogen) atoms. The molecule has 0 heteroatoms. The third-order valence-electron chi connectivity index (χ3n) is 7.61. The zero-order chi connectivity index (χ0) is 22.2. The Morgan fingerprint density at radius 1 is 0.176 bits per heavy atom. The molecule has 6 aromatic carbocycles. The molecule has 0 unspecified atom stereocenters. The second-order valence-electron chi connectivity index (χ2n) is 9.25. The van der Waals surface area contributed by atoms with Crippen LogP contribution in [0, 0.1) is 0 Å². The maximum absolute atomic E-state index is 2.35. The fourth-order valence-electron chi connectivity index (χ4n) is 6.20. The Bertz CT molecular complexity index is 1540. The van der Waals surface area contributed by atoms with Gasteiger partial charge in [0.15, 0.2) is 0 Å². The summed E-state index contributed by atoms with van der Waals surface area (Å²) < 4.78 is 0. The van der Waals surface area contributed by atoms with Gasteiger partial charge in [-0.05, 0) is 77.5 Å². The predicted octanol–water partition coefficient (Wildman–Crippen LogP) is 9.47. The molecule has 0 saturated heterocycles. The van der Waals surface area contributed by atoms with Gasteiger partial charge in [-0.2, -0.15) is 0 Å². The first-order chi connectivity index (χ1) is 16.9. The van der Waals surface area contributed by atoms with Gasteiger partial charge in [0.05, 0.1) is 0 Å². The van der Waals surface area contributed by atoms with Crippen LogP contribution < -0.4 is 0 Å². The molecule has 0 spiro atoms. The Labute approximate surface area is 198 Å². The molecule has 0 bridgehead atoms. The molecular formula is C34H20. The number of hydrogen-bond acceptors (Lipinski definition) is 0. The van der Waals surface area contributed by atoms with E-state index in [1.807, 2.05) is 0 Å². The van der Waals surface area contributed by atoms with Gasteiger partial charge in [-0.1, -0.05) is 121 Å². The molecule has 0 atom stereocenters. The molecule has 0 fully saturated rings. The van der Waals surface area contributed by atoms with Crippen molar-refractivity contribution in [2.75, 3.05) is 0 Å². The van der Waals surface area contributed by atoms with Crippen LogP contribution in [-0.2, 0) is 0 Å². The smallest absolute Gasteiger partial charge is 0.00139 e. The van der Waals surface area contributed by atoms with Gasteiger partial charge in [-0.15, -0.1) is 0 Å². The highest BCUT2D eigenvalue weighted by molar-refractivity contribution is 6.23. The molecule has 0 aromatic heterocycles. The van der Waals surface area contributed by atoms with Gasteiger partial charge in [0, 0.05) is 0 Å². The molecule has 156 valence electrons. The van der Waals surface area contributed by atoms with Crippen molar-refractivity contribution in [2.45, 2.75) is 0 Å². The van der Waals surface area contributed by atoms with Gasteiger partial charge < -0.3 is 0 Å². The minimum atomic E-state index is 1.31. The summed E-state index contributed by atoms with van der Waals surface area (Å²) in [6.07, 6.45) is 0. The van der Waals surface area contributed by atoms with E-state index in [-0.39, 0.29) is 0 Å². The topological polar surface area (TPSA) is 0 Å². The summed E-state index contributed by atoms with van der Waals surface area (Å²) in [6, 6.07) is 44.9. The Morgan fingerprint density at radius 2 is 0.353 bits per heavy atom. The van der Waals surface area contributed by atoms with E-state index in [0.717, 1.165) is 0 Å². The van der Waals surface area contributed by atoms with E-state index in [2.05, 4.69) is 121 Å². The van der Waals surface area contributed by atoms with E-state index in [4.69, 9.17) is 0 Å². The molecule has 2 aliphatic carbocycles. The van der Waals surface area contributed by atoms with Crippen molar-refractivity contribution in [3.05, 3.63) is 121 Å². The molecule has 0 amide bonds. The van der Waals surface area contributed by atoms with Crippen molar-refractivity contribution >= 4 is 10.8 Å². The van der Waals surface area contributed by atoms with Crippen molar-refractivity contribution in [1.82, 2.24) is 0 Å². The molecule has 8 rings (SSSR count). The predicted molar refractivity (Wildman–Crippen MR) is 144 cm³/mol. The Kier molecular flexibility index (Phi) is 3.48. The average Bonchev–Trinajstić information content (AvgIpc) is 3.11. The average molecular weight is 429 g/mol. The van der Waals surface area contributed by atoms with Crippen LogP contribution >= 0.6 is 0 Å². The van der Waals surface area contributed by atoms with Crippen LogP contribution in [0.25, 0.3) is 77.5 Å². The first-order valence-electron chi connectivity index (χ1n) is 11.9. The van der Waals surface area contributed by atoms with E-state index in [9.17, 15) is 0 Å². The SMILES string of the molecule is c1ccc2c(c1)-c1ccccc1-c1ccc3c4c(ccc-2c14)-c1ccccc1-c1ccccc1-3. The van der Waals surface area contributed by atoms with Crippen LogP contribution in [0.3, 0.4) is 0 Å². The van der Waals surface area contributed by atoms with Crippen molar-refractivity contribution < 1.29 is 0 Å². The summed E-state index contributed by atoms with van der Waals surface area (Å²) in [5.41, 5.74) is 15.7. The van der Waals surface area contributed by atoms with E-state index < -0.39 is 0 Å². The van der Waals surface area contributed by atoms with Gasteiger partial charge in [0.2, 0.25) is 0 Å². The third kappa shape index (κ3) is 2.23. The summed E-state index contributed by atoms with van der Waals surface area (Å²) in [5.74, 6) is 0. The largest absolute Gasteiger partial charge is 0.0616 e. The van der Waals surface area contributed by atoms with E-state index >= 15 is 0 Å². The van der Waals surface area contributed by atoms with E-state index in [1.54, 1.807) is 0 Å². The standard InChI is InChI=1S/C34H20/c1-5-13-25-21(9-1)22-10-2-6-14-26(22)30-19-20-32-28-16-8-4-12-24(28)23-11-3-7-15-27(23)31-18-17-29(25)33(30)34(31)32/h1-20H. The summed E-state index contributed by atoms with van der Waals surface area (Å²) in [6.45, 7) is 0. The van der Waals surface area contributed by atoms with E-state index in [1.165, 1.54) is 77.5 Å². The highest BCUT2D eigenvalue weighted by atomic mass is 14.3. The Morgan fingerprint density at radius 3 is 0.559 bits per heavy atom. The summed E-state index contributed by atoms with van der Waals surface area (Å²) in [4.78, 5) is 0. The third-order valence-corrected chi connectivity index (χ3v) is 7.61. The summed E-state index contributed by atoms with van der Waals surface area (Å²) in [7, 11) is 0. The zero-order valence-electron chi connectivity index (χ0n) is 18.5. The second-order valence-corrected chi connectivity index (χ2v) is 9.25. The van der Waals surface area contributed by atoms with Crippen LogP contribution in [0.15, 0.2) is 121 Å². The van der Waals surface area contributed by atoms with Crippen LogP contribution in [0.2, 0.25) is 0 Å². The summed E-state index contributed by atoms with van der Waals surface area (Å²) >= 11 is 0. The van der Waals surface area contributed by atoms with Gasteiger partial charge in [-0.3, -0.25) is 0 Å². The molecule has 0 radical (unpaired) electrons. The molecule has 6 aromatic rings. The van der Waals surface area contributed by atoms with Gasteiger partial charge in [-0.25, -0.2) is 0 Å². The van der Waals surface area contributed by atoms with E-state index in [0.29, 0.717) is 0 Å². The van der Waals surface area contributed by atoms with Crippen LogP contribution in [0.1, 0.15) is 0 Å². The van der Waals surface area contributed by atoms with Gasteiger partial charge in [0.25, 0.3) is 0 Å². The minimum absolute atomic E-state index is 1.31. The maximum Gasteiger partial charge on any atom is -0.00139 e. The Hall–Kier alpha value is -4.42. The van der Waals surface area contributed by atoms with Crippen molar-refractivity contribution in [3.8, 4) is 66.8 Å². The lowest BCUT2D eigenvalue weighted by Crippen LogP contribution is -1.90. The highest BCUT2D eigenvalue weighted by Crippen LogP contribution is 2.54. The van der Waals surface area contributed by atoms with Gasteiger partial charge in [0.1, 0.15) is 0 Å². The highest BCUT2D eigenvalue weighted by Gasteiger charge is 2.27. The molecule has 0 N–H and O–H groups in total.